The number of para-hydroxylation sites is 1. The monoisotopic (exact) mass is 376 g/mol. The number of nitrogens with one attached hydrogen (secondary N) is 2. The van der Waals surface area contributed by atoms with Gasteiger partial charge in [0, 0.05) is 18.2 Å². The molecule has 140 valence electrons. The number of fused-ring (bicyclic) bond motifs is 2. The molecule has 2 heterocycles. The van der Waals surface area contributed by atoms with Crippen molar-refractivity contribution in [1.29, 1.82) is 0 Å². The molecule has 2 amide bonds. The van der Waals surface area contributed by atoms with Gasteiger partial charge in [-0.15, -0.1) is 8.78 Å². The van der Waals surface area contributed by atoms with Crippen LogP contribution in [0.25, 0.3) is 0 Å². The quantitative estimate of drug-likeness (QED) is 0.801. The van der Waals surface area contributed by atoms with Gasteiger partial charge in [-0.1, -0.05) is 18.2 Å². The van der Waals surface area contributed by atoms with Crippen LogP contribution < -0.4 is 24.8 Å². The highest BCUT2D eigenvalue weighted by molar-refractivity contribution is 6.39. The summed E-state index contributed by atoms with van der Waals surface area (Å²) < 4.78 is 40.2. The molecule has 27 heavy (non-hydrogen) atoms. The summed E-state index contributed by atoms with van der Waals surface area (Å²) in [6.07, 6.45) is -3.37. The first-order valence-electron chi connectivity index (χ1n) is 8.13. The average molecular weight is 376 g/mol. The zero-order chi connectivity index (χ0) is 19.0. The molecule has 0 aromatic heterocycles. The van der Waals surface area contributed by atoms with Crippen LogP contribution in [0, 0.1) is 0 Å². The zero-order valence-electron chi connectivity index (χ0n) is 13.8. The number of hydrogen-bond acceptors (Lipinski definition) is 5. The van der Waals surface area contributed by atoms with E-state index in [1.807, 2.05) is 24.3 Å². The molecule has 0 unspecified atom stereocenters. The zero-order valence-corrected chi connectivity index (χ0v) is 13.8. The number of halogens is 2. The van der Waals surface area contributed by atoms with Crippen molar-refractivity contribution in [3.63, 3.8) is 0 Å². The first kappa shape index (κ1) is 17.1. The number of benzene rings is 2. The molecule has 2 aromatic carbocycles. The van der Waals surface area contributed by atoms with Gasteiger partial charge < -0.3 is 24.8 Å². The van der Waals surface area contributed by atoms with E-state index < -0.39 is 18.1 Å². The standard InChI is InChI=1S/C18H14F2N2O5/c19-18(20)26-14-6-5-11(8-15(14)27-18)22-17(24)16(23)21-9-12-7-10-3-1-2-4-13(10)25-12/h1-6,8,12H,7,9H2,(H,21,23)(H,22,24)/t12-/m0/s1. The second kappa shape index (κ2) is 6.42. The third-order valence-electron chi connectivity index (χ3n) is 4.07. The molecule has 0 saturated carbocycles. The molecule has 4 rings (SSSR count). The van der Waals surface area contributed by atoms with Gasteiger partial charge in [0.25, 0.3) is 0 Å². The van der Waals surface area contributed by atoms with Gasteiger partial charge >= 0.3 is 18.1 Å². The minimum absolute atomic E-state index is 0.125. The normalized spacial score (nSPS) is 18.4. The summed E-state index contributed by atoms with van der Waals surface area (Å²) in [6, 6.07) is 11.2. The lowest BCUT2D eigenvalue weighted by Crippen LogP contribution is -2.40. The summed E-state index contributed by atoms with van der Waals surface area (Å²) >= 11 is 0. The van der Waals surface area contributed by atoms with E-state index in [1.165, 1.54) is 12.1 Å². The highest BCUT2D eigenvalue weighted by atomic mass is 19.3. The Morgan fingerprint density at radius 2 is 1.81 bits per heavy atom. The minimum atomic E-state index is -3.75. The first-order chi connectivity index (χ1) is 12.9. The Morgan fingerprint density at radius 1 is 1.04 bits per heavy atom. The van der Waals surface area contributed by atoms with E-state index in [0.29, 0.717) is 6.42 Å². The van der Waals surface area contributed by atoms with Crippen molar-refractivity contribution in [3.05, 3.63) is 48.0 Å². The maximum atomic E-state index is 13.0. The summed E-state index contributed by atoms with van der Waals surface area (Å²) in [5, 5.41) is 4.81. The van der Waals surface area contributed by atoms with Gasteiger partial charge in [-0.3, -0.25) is 9.59 Å². The predicted octanol–water partition coefficient (Wildman–Crippen LogP) is 2.07. The summed E-state index contributed by atoms with van der Waals surface area (Å²) in [6.45, 7) is 0.161. The van der Waals surface area contributed by atoms with Crippen molar-refractivity contribution in [2.24, 2.45) is 0 Å². The molecule has 9 heteroatoms. The molecule has 2 aliphatic heterocycles. The molecular weight excluding hydrogens is 362 g/mol. The van der Waals surface area contributed by atoms with Crippen molar-refractivity contribution < 1.29 is 32.6 Å². The van der Waals surface area contributed by atoms with E-state index in [9.17, 15) is 18.4 Å². The van der Waals surface area contributed by atoms with Crippen LogP contribution in [-0.4, -0.2) is 30.8 Å². The van der Waals surface area contributed by atoms with Gasteiger partial charge in [-0.25, -0.2) is 0 Å². The van der Waals surface area contributed by atoms with Gasteiger partial charge in [0.05, 0.1) is 6.54 Å². The Bertz CT molecular complexity index is 893. The van der Waals surface area contributed by atoms with E-state index >= 15 is 0 Å². The van der Waals surface area contributed by atoms with Crippen LogP contribution in [0.1, 0.15) is 5.56 Å². The van der Waals surface area contributed by atoms with E-state index in [2.05, 4.69) is 20.1 Å². The molecule has 2 aliphatic rings. The van der Waals surface area contributed by atoms with Crippen LogP contribution in [0.4, 0.5) is 14.5 Å². The van der Waals surface area contributed by atoms with Crippen molar-refractivity contribution in [2.45, 2.75) is 18.8 Å². The topological polar surface area (TPSA) is 85.9 Å². The molecule has 0 saturated heterocycles. The Labute approximate surface area is 152 Å². The fraction of sp³-hybridized carbons (Fsp3) is 0.222. The second-order valence-electron chi connectivity index (χ2n) is 6.04. The summed E-state index contributed by atoms with van der Waals surface area (Å²) in [5.74, 6) is -1.41. The van der Waals surface area contributed by atoms with Crippen LogP contribution in [-0.2, 0) is 16.0 Å². The Morgan fingerprint density at radius 3 is 2.63 bits per heavy atom. The van der Waals surface area contributed by atoms with Crippen LogP contribution in [0.2, 0.25) is 0 Å². The molecule has 2 aromatic rings. The Balaban J connectivity index is 1.30. The fourth-order valence-corrected chi connectivity index (χ4v) is 2.87. The third kappa shape index (κ3) is 3.62. The molecule has 2 N–H and O–H groups in total. The summed E-state index contributed by atoms with van der Waals surface area (Å²) in [5.41, 5.74) is 1.16. The van der Waals surface area contributed by atoms with Crippen molar-refractivity contribution in [2.75, 3.05) is 11.9 Å². The number of alkyl halides is 2. The predicted molar refractivity (Wildman–Crippen MR) is 88.8 cm³/mol. The first-order valence-corrected chi connectivity index (χ1v) is 8.13. The van der Waals surface area contributed by atoms with Crippen LogP contribution in [0.3, 0.4) is 0 Å². The summed E-state index contributed by atoms with van der Waals surface area (Å²) in [7, 11) is 0. The van der Waals surface area contributed by atoms with Crippen molar-refractivity contribution in [1.82, 2.24) is 5.32 Å². The maximum absolute atomic E-state index is 13.0. The molecule has 0 bridgehead atoms. The van der Waals surface area contributed by atoms with Gasteiger partial charge in [0.1, 0.15) is 11.9 Å². The smallest absolute Gasteiger partial charge is 0.488 e. The second-order valence-corrected chi connectivity index (χ2v) is 6.04. The van der Waals surface area contributed by atoms with Crippen LogP contribution >= 0.6 is 0 Å². The Hall–Kier alpha value is -3.36. The molecule has 1 atom stereocenters. The number of anilines is 1. The van der Waals surface area contributed by atoms with Gasteiger partial charge in [0.2, 0.25) is 0 Å². The van der Waals surface area contributed by atoms with Crippen molar-refractivity contribution in [3.8, 4) is 17.2 Å². The largest absolute Gasteiger partial charge is 0.586 e. The third-order valence-corrected chi connectivity index (χ3v) is 4.07. The molecule has 7 nitrogen and oxygen atoms in total. The highest BCUT2D eigenvalue weighted by Gasteiger charge is 2.43. The minimum Gasteiger partial charge on any atom is -0.488 e. The lowest BCUT2D eigenvalue weighted by Gasteiger charge is -2.12. The number of amides is 2. The average Bonchev–Trinajstić information content (AvgIpc) is 3.17. The molecule has 0 spiro atoms. The van der Waals surface area contributed by atoms with Gasteiger partial charge in [-0.05, 0) is 23.8 Å². The van der Waals surface area contributed by atoms with E-state index in [4.69, 9.17) is 4.74 Å². The molecule has 0 fully saturated rings. The van der Waals surface area contributed by atoms with Gasteiger partial charge in [0.15, 0.2) is 11.5 Å². The molecular formula is C18H14F2N2O5. The van der Waals surface area contributed by atoms with E-state index in [0.717, 1.165) is 17.4 Å². The lowest BCUT2D eigenvalue weighted by atomic mass is 10.1. The Kier molecular flexibility index (Phi) is 4.06. The van der Waals surface area contributed by atoms with Gasteiger partial charge in [-0.2, -0.15) is 0 Å². The van der Waals surface area contributed by atoms with Crippen LogP contribution in [0.5, 0.6) is 17.2 Å². The number of carbonyl (C=O) groups is 2. The SMILES string of the molecule is O=C(NC[C@@H]1Cc2ccccc2O1)C(=O)Nc1ccc2c(c1)OC(F)(F)O2. The maximum Gasteiger partial charge on any atom is 0.586 e. The fourth-order valence-electron chi connectivity index (χ4n) is 2.87. The number of ether oxygens (including phenoxy) is 3. The van der Waals surface area contributed by atoms with Crippen molar-refractivity contribution >= 4 is 17.5 Å². The lowest BCUT2D eigenvalue weighted by molar-refractivity contribution is -0.286. The van der Waals surface area contributed by atoms with Crippen LogP contribution in [0.15, 0.2) is 42.5 Å². The molecule has 0 radical (unpaired) electrons. The highest BCUT2D eigenvalue weighted by Crippen LogP contribution is 2.42. The summed E-state index contributed by atoms with van der Waals surface area (Å²) in [4.78, 5) is 23.9. The number of hydrogen-bond donors (Lipinski definition) is 2. The number of carbonyl (C=O) groups excluding carboxylic acids is 2. The molecule has 0 aliphatic carbocycles. The number of rotatable bonds is 3. The van der Waals surface area contributed by atoms with E-state index in [1.54, 1.807) is 0 Å². The van der Waals surface area contributed by atoms with E-state index in [-0.39, 0.29) is 29.8 Å².